The second kappa shape index (κ2) is 19.0. The first-order valence-electron chi connectivity index (χ1n) is 15.4. The van der Waals surface area contributed by atoms with Crippen molar-refractivity contribution in [2.75, 3.05) is 7.11 Å². The minimum absolute atomic E-state index is 0.309. The Labute approximate surface area is 305 Å². The molecule has 246 valence electrons. The maximum Gasteiger partial charge on any atom is 0.184 e. The molecule has 0 bridgehead atoms. The van der Waals surface area contributed by atoms with E-state index in [0.717, 1.165) is 44.5 Å². The van der Waals surface area contributed by atoms with Crippen molar-refractivity contribution in [2.45, 2.75) is 13.8 Å². The fourth-order valence-electron chi connectivity index (χ4n) is 4.85. The Morgan fingerprint density at radius 2 is 0.962 bits per heavy atom. The summed E-state index contributed by atoms with van der Waals surface area (Å²) in [4.78, 5) is 0. The van der Waals surface area contributed by atoms with E-state index in [2.05, 4.69) is 77.9 Å². The van der Waals surface area contributed by atoms with Gasteiger partial charge in [-0.25, -0.2) is 0 Å². The van der Waals surface area contributed by atoms with Crippen molar-refractivity contribution in [1.82, 2.24) is 0 Å². The zero-order chi connectivity index (χ0) is 37.1. The molecular weight excluding hydrogens is 645 g/mol. The van der Waals surface area contributed by atoms with E-state index in [1.807, 2.05) is 74.5 Å². The second-order valence-electron chi connectivity index (χ2n) is 10.3. The molecule has 0 fully saturated rings. The molecule has 4 rings (SSSR count). The Hall–Kier alpha value is -8.16. The molecule has 0 saturated heterocycles. The zero-order valence-corrected chi connectivity index (χ0v) is 28.5. The first kappa shape index (κ1) is 36.7. The second-order valence-corrected chi connectivity index (χ2v) is 10.3. The van der Waals surface area contributed by atoms with Crippen molar-refractivity contribution in [3.05, 3.63) is 95.1 Å². The van der Waals surface area contributed by atoms with Crippen LogP contribution in [0.15, 0.2) is 72.8 Å². The van der Waals surface area contributed by atoms with Gasteiger partial charge in [0.1, 0.15) is 30.2 Å². The maximum atomic E-state index is 5.85. The van der Waals surface area contributed by atoms with Crippen molar-refractivity contribution in [1.29, 1.82) is 0 Å². The predicted molar refractivity (Wildman–Crippen MR) is 208 cm³/mol. The fraction of sp³-hybridized carbons (Fsp3) is 0.0638. The highest BCUT2D eigenvalue weighted by Gasteiger charge is 2.15. The first-order valence-corrected chi connectivity index (χ1v) is 15.4. The molecule has 0 N–H and O–H groups in total. The topological polar surface area (TPSA) is 46.2 Å². The van der Waals surface area contributed by atoms with Crippen LogP contribution < -0.4 is 23.7 Å². The molecule has 0 radical (unpaired) electrons. The molecule has 0 unspecified atom stereocenters. The van der Waals surface area contributed by atoms with Crippen LogP contribution in [-0.4, -0.2) is 7.11 Å². The van der Waals surface area contributed by atoms with E-state index in [1.165, 1.54) is 0 Å². The Balaban J connectivity index is 1.84. The van der Waals surface area contributed by atoms with E-state index in [-0.39, 0.29) is 0 Å². The third-order valence-corrected chi connectivity index (χ3v) is 7.05. The minimum Gasteiger partial charge on any atom is -0.496 e. The van der Waals surface area contributed by atoms with Crippen LogP contribution in [0, 0.1) is 104 Å². The van der Waals surface area contributed by atoms with Crippen molar-refractivity contribution in [3.8, 4) is 148 Å². The molecule has 0 heterocycles. The molecule has 5 nitrogen and oxygen atoms in total. The summed E-state index contributed by atoms with van der Waals surface area (Å²) in [6.07, 6.45) is 38.8. The largest absolute Gasteiger partial charge is 0.496 e. The third kappa shape index (κ3) is 9.70. The Morgan fingerprint density at radius 1 is 0.481 bits per heavy atom. The van der Waals surface area contributed by atoms with Crippen molar-refractivity contribution in [3.63, 3.8) is 0 Å². The molecule has 0 aliphatic carbocycles. The van der Waals surface area contributed by atoms with Gasteiger partial charge < -0.3 is 23.7 Å². The van der Waals surface area contributed by atoms with Gasteiger partial charge in [-0.15, -0.1) is 25.7 Å². The lowest BCUT2D eigenvalue weighted by Crippen LogP contribution is -1.94. The van der Waals surface area contributed by atoms with Crippen LogP contribution in [0.1, 0.15) is 29.2 Å². The highest BCUT2D eigenvalue weighted by atomic mass is 16.5. The van der Waals surface area contributed by atoms with Gasteiger partial charge in [-0.1, -0.05) is 60.2 Å². The van der Waals surface area contributed by atoms with Crippen LogP contribution in [0.4, 0.5) is 0 Å². The molecular formula is C47H28O5. The van der Waals surface area contributed by atoms with Gasteiger partial charge in [0.25, 0.3) is 0 Å². The molecule has 0 aromatic heterocycles. The monoisotopic (exact) mass is 672 g/mol. The van der Waals surface area contributed by atoms with Gasteiger partial charge in [-0.3, -0.25) is 0 Å². The maximum absolute atomic E-state index is 5.85. The quantitative estimate of drug-likeness (QED) is 0.125. The van der Waals surface area contributed by atoms with Crippen LogP contribution in [0.5, 0.6) is 28.7 Å². The van der Waals surface area contributed by atoms with Gasteiger partial charge in [-0.05, 0) is 107 Å². The lowest BCUT2D eigenvalue weighted by Gasteiger charge is -2.15. The number of ether oxygens (including phenoxy) is 5. The molecule has 4 aromatic rings. The SMILES string of the molecule is C#CC#COc1ccc(-c2cc(C)ccc2C=Cc2cc(-c3ccc(OC#CC#C)c(OC#CC#C)c3)c(C=CC)cc2OC)cc1OC#CC#C. The van der Waals surface area contributed by atoms with Crippen LogP contribution in [-0.2, 0) is 0 Å². The van der Waals surface area contributed by atoms with E-state index < -0.39 is 0 Å². The lowest BCUT2D eigenvalue weighted by molar-refractivity contribution is 0.414. The normalized spacial score (nSPS) is 9.37. The van der Waals surface area contributed by atoms with Gasteiger partial charge >= 0.3 is 0 Å². The zero-order valence-electron chi connectivity index (χ0n) is 28.5. The van der Waals surface area contributed by atoms with Gasteiger partial charge in [0.05, 0.1) is 7.11 Å². The number of allylic oxidation sites excluding steroid dienone is 1. The molecule has 4 aromatic carbocycles. The molecule has 0 atom stereocenters. The summed E-state index contributed by atoms with van der Waals surface area (Å²) in [5, 5.41) is 0. The lowest BCUT2D eigenvalue weighted by atomic mass is 9.94. The number of aryl methyl sites for hydroxylation is 1. The third-order valence-electron chi connectivity index (χ3n) is 7.05. The van der Waals surface area contributed by atoms with Crippen LogP contribution in [0.2, 0.25) is 0 Å². The van der Waals surface area contributed by atoms with E-state index in [0.29, 0.717) is 28.7 Å². The highest BCUT2D eigenvalue weighted by Crippen LogP contribution is 2.39. The van der Waals surface area contributed by atoms with Crippen LogP contribution in [0.3, 0.4) is 0 Å². The van der Waals surface area contributed by atoms with Crippen molar-refractivity contribution in [2.24, 2.45) is 0 Å². The van der Waals surface area contributed by atoms with Crippen LogP contribution >= 0.6 is 0 Å². The van der Waals surface area contributed by atoms with Crippen molar-refractivity contribution < 1.29 is 23.7 Å². The standard InChI is InChI=1S/C47H28O5/c1-8-13-26-49-43-24-22-38(33-46(43)51-28-15-10-3)41-30-35(6)18-19-36(41)20-21-40-31-42(37(17-12-5)32-45(40)48-7)39-23-25-44(50-27-14-9-2)47(34-39)52-29-16-11-4/h1-4,12,17-25,30-34H,5-7H3. The Kier molecular flexibility index (Phi) is 13.4. The smallest absolute Gasteiger partial charge is 0.184 e. The van der Waals surface area contributed by atoms with Gasteiger partial charge in [-0.2, -0.15) is 0 Å². The summed E-state index contributed by atoms with van der Waals surface area (Å²) in [5.74, 6) is 20.5. The summed E-state index contributed by atoms with van der Waals surface area (Å²) in [6, 6.07) is 21.0. The summed E-state index contributed by atoms with van der Waals surface area (Å²) in [6.45, 7) is 3.96. The molecule has 0 aliphatic rings. The molecule has 0 saturated carbocycles. The fourth-order valence-corrected chi connectivity index (χ4v) is 4.85. The Morgan fingerprint density at radius 3 is 1.44 bits per heavy atom. The average Bonchev–Trinajstić information content (AvgIpc) is 3.16. The van der Waals surface area contributed by atoms with E-state index in [1.54, 1.807) is 31.4 Å². The summed E-state index contributed by atoms with van der Waals surface area (Å²) in [7, 11) is 1.63. The number of hydrogen-bond donors (Lipinski definition) is 0. The number of hydrogen-bond acceptors (Lipinski definition) is 5. The number of benzene rings is 4. The summed E-state index contributed by atoms with van der Waals surface area (Å²) in [5.41, 5.74) is 7.16. The average molecular weight is 673 g/mol. The highest BCUT2D eigenvalue weighted by molar-refractivity contribution is 5.86. The minimum atomic E-state index is 0.309. The molecule has 0 spiro atoms. The number of terminal acetylenes is 4. The van der Waals surface area contributed by atoms with Crippen molar-refractivity contribution >= 4 is 18.2 Å². The van der Waals surface area contributed by atoms with E-state index in [4.69, 9.17) is 49.4 Å². The van der Waals surface area contributed by atoms with Gasteiger partial charge in [0, 0.05) is 29.2 Å². The van der Waals surface area contributed by atoms with E-state index >= 15 is 0 Å². The summed E-state index contributed by atoms with van der Waals surface area (Å²) >= 11 is 0. The molecule has 0 aliphatic heterocycles. The van der Waals surface area contributed by atoms with Crippen LogP contribution in [0.25, 0.3) is 40.5 Å². The number of methoxy groups -OCH3 is 1. The summed E-state index contributed by atoms with van der Waals surface area (Å²) < 4.78 is 28.1. The molecule has 0 amide bonds. The first-order chi connectivity index (χ1) is 25.5. The van der Waals surface area contributed by atoms with Gasteiger partial charge in [0.2, 0.25) is 0 Å². The predicted octanol–water partition coefficient (Wildman–Crippen LogP) is 8.43. The van der Waals surface area contributed by atoms with Gasteiger partial charge in [0.15, 0.2) is 23.0 Å². The number of rotatable bonds is 10. The molecule has 5 heteroatoms. The molecule has 52 heavy (non-hydrogen) atoms. The Bertz CT molecular complexity index is 2490. The van der Waals surface area contributed by atoms with E-state index in [9.17, 15) is 0 Å².